The standard InChI is InChI=1S/C29H21ClFN3O4S2/c1-2-14-38-22-5-3-4-19(15-22)24-23(25(35)18-8-12-21(31)13-9-18)26(36)27(37)34(24)28-32-33-29(40-28)39-16-17-6-10-20(30)11-7-17/h2-13,15,24,35H,1,14,16H2/b25-23+. The van der Waals surface area contributed by atoms with Gasteiger partial charge in [0.1, 0.15) is 23.9 Å². The molecule has 0 saturated carbocycles. The van der Waals surface area contributed by atoms with Gasteiger partial charge in [0.05, 0.1) is 11.6 Å². The topological polar surface area (TPSA) is 92.6 Å². The van der Waals surface area contributed by atoms with Crippen molar-refractivity contribution in [2.24, 2.45) is 0 Å². The smallest absolute Gasteiger partial charge is 0.301 e. The fourth-order valence-corrected chi connectivity index (χ4v) is 6.07. The predicted octanol–water partition coefficient (Wildman–Crippen LogP) is 6.81. The molecule has 7 nitrogen and oxygen atoms in total. The summed E-state index contributed by atoms with van der Waals surface area (Å²) >= 11 is 8.55. The molecule has 11 heteroatoms. The lowest BCUT2D eigenvalue weighted by Crippen LogP contribution is -2.29. The molecule has 1 fully saturated rings. The first-order chi connectivity index (χ1) is 19.4. The molecule has 0 bridgehead atoms. The van der Waals surface area contributed by atoms with Gasteiger partial charge in [-0.3, -0.25) is 14.5 Å². The normalized spacial score (nSPS) is 16.4. The number of carbonyl (C=O) groups excluding carboxylic acids is 2. The SMILES string of the molecule is C=CCOc1cccc(C2/C(=C(\O)c3ccc(F)cc3)C(=O)C(=O)N2c2nnc(SCc3ccc(Cl)cc3)s2)c1. The van der Waals surface area contributed by atoms with Gasteiger partial charge in [-0.1, -0.05) is 71.6 Å². The van der Waals surface area contributed by atoms with Gasteiger partial charge in [0.15, 0.2) is 4.34 Å². The number of aliphatic hydroxyl groups is 1. The second kappa shape index (κ2) is 12.0. The van der Waals surface area contributed by atoms with E-state index in [1.165, 1.54) is 40.9 Å². The summed E-state index contributed by atoms with van der Waals surface area (Å²) < 4.78 is 19.8. The molecule has 1 aliphatic heterocycles. The van der Waals surface area contributed by atoms with E-state index in [9.17, 15) is 19.1 Å². The summed E-state index contributed by atoms with van der Waals surface area (Å²) in [6, 6.07) is 18.3. The molecule has 4 aromatic rings. The average molecular weight is 594 g/mol. The van der Waals surface area contributed by atoms with Gasteiger partial charge < -0.3 is 9.84 Å². The Morgan fingerprint density at radius 2 is 1.88 bits per heavy atom. The summed E-state index contributed by atoms with van der Waals surface area (Å²) in [6.45, 7) is 3.91. The van der Waals surface area contributed by atoms with E-state index in [1.54, 1.807) is 42.5 Å². The minimum atomic E-state index is -1.03. The van der Waals surface area contributed by atoms with E-state index < -0.39 is 29.3 Å². The molecule has 1 N–H and O–H groups in total. The Balaban J connectivity index is 1.54. The molecular weight excluding hydrogens is 573 g/mol. The van der Waals surface area contributed by atoms with Crippen LogP contribution < -0.4 is 9.64 Å². The van der Waals surface area contributed by atoms with Crippen LogP contribution in [0.15, 0.2) is 95.4 Å². The van der Waals surface area contributed by atoms with Crippen molar-refractivity contribution in [1.29, 1.82) is 0 Å². The first-order valence-electron chi connectivity index (χ1n) is 12.0. The third-order valence-electron chi connectivity index (χ3n) is 5.98. The third kappa shape index (κ3) is 5.79. The van der Waals surface area contributed by atoms with Crippen molar-refractivity contribution < 1.29 is 23.8 Å². The molecule has 1 aliphatic rings. The van der Waals surface area contributed by atoms with Crippen molar-refractivity contribution in [3.05, 3.63) is 119 Å². The van der Waals surface area contributed by atoms with Crippen molar-refractivity contribution in [3.8, 4) is 5.75 Å². The van der Waals surface area contributed by atoms with Crippen molar-refractivity contribution >= 4 is 57.3 Å². The number of thioether (sulfide) groups is 1. The third-order valence-corrected chi connectivity index (χ3v) is 8.36. The lowest BCUT2D eigenvalue weighted by molar-refractivity contribution is -0.132. The molecule has 1 amide bonds. The Hall–Kier alpha value is -3.99. The van der Waals surface area contributed by atoms with E-state index in [2.05, 4.69) is 16.8 Å². The van der Waals surface area contributed by atoms with Crippen LogP contribution in [0.1, 0.15) is 22.7 Å². The first kappa shape index (κ1) is 27.6. The molecule has 0 spiro atoms. The fourth-order valence-electron chi connectivity index (χ4n) is 4.12. The number of hydrogen-bond acceptors (Lipinski definition) is 8. The highest BCUT2D eigenvalue weighted by atomic mass is 35.5. The molecule has 2 heterocycles. The van der Waals surface area contributed by atoms with E-state index >= 15 is 0 Å². The maximum atomic E-state index is 13.6. The number of ether oxygens (including phenoxy) is 1. The Morgan fingerprint density at radius 1 is 1.12 bits per heavy atom. The number of ketones is 1. The molecular formula is C29H21ClFN3O4S2. The van der Waals surface area contributed by atoms with Gasteiger partial charge in [-0.25, -0.2) is 4.39 Å². The number of hydrogen-bond donors (Lipinski definition) is 1. The van der Waals surface area contributed by atoms with E-state index in [0.29, 0.717) is 26.4 Å². The van der Waals surface area contributed by atoms with Gasteiger partial charge in [0.2, 0.25) is 5.13 Å². The van der Waals surface area contributed by atoms with Gasteiger partial charge >= 0.3 is 5.91 Å². The number of Topliss-reactive ketones (excluding diaryl/α,β-unsaturated/α-hetero) is 1. The van der Waals surface area contributed by atoms with Gasteiger partial charge in [-0.15, -0.1) is 10.2 Å². The fraction of sp³-hybridized carbons (Fsp3) is 0.103. The molecule has 1 atom stereocenters. The predicted molar refractivity (Wildman–Crippen MR) is 154 cm³/mol. The van der Waals surface area contributed by atoms with Crippen LogP contribution in [-0.2, 0) is 15.3 Å². The van der Waals surface area contributed by atoms with Crippen LogP contribution in [0.2, 0.25) is 5.02 Å². The molecule has 5 rings (SSSR count). The van der Waals surface area contributed by atoms with E-state index in [0.717, 1.165) is 16.9 Å². The monoisotopic (exact) mass is 593 g/mol. The lowest BCUT2D eigenvalue weighted by atomic mass is 9.95. The minimum absolute atomic E-state index is 0.150. The molecule has 1 aromatic heterocycles. The number of amides is 1. The Labute approximate surface area is 242 Å². The Morgan fingerprint density at radius 3 is 2.60 bits per heavy atom. The van der Waals surface area contributed by atoms with E-state index in [-0.39, 0.29) is 22.9 Å². The van der Waals surface area contributed by atoms with Crippen LogP contribution in [0.4, 0.5) is 9.52 Å². The number of aromatic nitrogens is 2. The lowest BCUT2D eigenvalue weighted by Gasteiger charge is -2.23. The number of aliphatic hydroxyl groups excluding tert-OH is 1. The summed E-state index contributed by atoms with van der Waals surface area (Å²) in [5.41, 5.74) is 1.58. The molecule has 40 heavy (non-hydrogen) atoms. The highest BCUT2D eigenvalue weighted by Crippen LogP contribution is 2.44. The highest BCUT2D eigenvalue weighted by molar-refractivity contribution is 8.00. The zero-order valence-electron chi connectivity index (χ0n) is 20.8. The average Bonchev–Trinajstić information content (AvgIpc) is 3.53. The molecule has 202 valence electrons. The summed E-state index contributed by atoms with van der Waals surface area (Å²) in [5, 5.41) is 20.5. The second-order valence-electron chi connectivity index (χ2n) is 8.61. The largest absolute Gasteiger partial charge is 0.507 e. The Kier molecular flexibility index (Phi) is 8.29. The number of nitrogens with zero attached hydrogens (tertiary/aromatic N) is 3. The highest BCUT2D eigenvalue weighted by Gasteiger charge is 2.48. The minimum Gasteiger partial charge on any atom is -0.507 e. The maximum Gasteiger partial charge on any atom is 0.301 e. The van der Waals surface area contributed by atoms with Crippen LogP contribution in [0.5, 0.6) is 5.75 Å². The number of carbonyl (C=O) groups is 2. The van der Waals surface area contributed by atoms with E-state index in [1.807, 2.05) is 12.1 Å². The summed E-state index contributed by atoms with van der Waals surface area (Å²) in [5.74, 6) is -1.60. The van der Waals surface area contributed by atoms with Crippen molar-refractivity contribution in [2.45, 2.75) is 16.1 Å². The van der Waals surface area contributed by atoms with Gasteiger partial charge in [0.25, 0.3) is 5.78 Å². The zero-order chi connectivity index (χ0) is 28.2. The maximum absolute atomic E-state index is 13.6. The van der Waals surface area contributed by atoms with Crippen molar-refractivity contribution in [2.75, 3.05) is 11.5 Å². The number of benzene rings is 3. The van der Waals surface area contributed by atoms with Crippen molar-refractivity contribution in [1.82, 2.24) is 10.2 Å². The quantitative estimate of drug-likeness (QED) is 0.0569. The first-order valence-corrected chi connectivity index (χ1v) is 14.1. The number of rotatable bonds is 9. The molecule has 3 aromatic carbocycles. The summed E-state index contributed by atoms with van der Waals surface area (Å²) in [7, 11) is 0. The van der Waals surface area contributed by atoms with Gasteiger partial charge in [0, 0.05) is 16.3 Å². The molecule has 0 radical (unpaired) electrons. The Bertz CT molecular complexity index is 1610. The summed E-state index contributed by atoms with van der Waals surface area (Å²) in [4.78, 5) is 28.0. The molecule has 1 unspecified atom stereocenters. The van der Waals surface area contributed by atoms with E-state index in [4.69, 9.17) is 16.3 Å². The van der Waals surface area contributed by atoms with Crippen LogP contribution in [0.3, 0.4) is 0 Å². The van der Waals surface area contributed by atoms with Crippen LogP contribution in [0, 0.1) is 5.82 Å². The van der Waals surface area contributed by atoms with Crippen LogP contribution >= 0.6 is 34.7 Å². The van der Waals surface area contributed by atoms with Gasteiger partial charge in [-0.2, -0.15) is 0 Å². The number of halogens is 2. The zero-order valence-corrected chi connectivity index (χ0v) is 23.2. The second-order valence-corrected chi connectivity index (χ2v) is 11.2. The van der Waals surface area contributed by atoms with Crippen LogP contribution in [-0.4, -0.2) is 33.6 Å². The molecule has 1 saturated heterocycles. The number of anilines is 1. The summed E-state index contributed by atoms with van der Waals surface area (Å²) in [6.07, 6.45) is 1.60. The van der Waals surface area contributed by atoms with Crippen molar-refractivity contribution in [3.63, 3.8) is 0 Å². The molecule has 0 aliphatic carbocycles. The van der Waals surface area contributed by atoms with Gasteiger partial charge in [-0.05, 0) is 59.7 Å². The van der Waals surface area contributed by atoms with Crippen LogP contribution in [0.25, 0.3) is 5.76 Å².